The van der Waals surface area contributed by atoms with Gasteiger partial charge in [0.05, 0.1) is 47.3 Å². The molecule has 4 rings (SSSR count). The molecule has 0 radical (unpaired) electrons. The van der Waals surface area contributed by atoms with Gasteiger partial charge < -0.3 is 14.2 Å². The van der Waals surface area contributed by atoms with E-state index < -0.39 is 9.85 Å². The standard InChI is InChI=1S/C26H20N2O7/c1-33-17-11-13-19(23(15-17)27(29)30)21-7-3-5-9-25(21)35-26-10-6-4-8-22(26)20-14-12-18(34-2)16-24(20)28(31)32/h3-16H,1-2H3. The van der Waals surface area contributed by atoms with E-state index >= 15 is 0 Å². The SMILES string of the molecule is COc1ccc(-c2ccccc2Oc2ccccc2-c2ccc(OC)cc2[N+](=O)[O-])c([N+](=O)[O-])c1. The second-order valence-electron chi connectivity index (χ2n) is 7.37. The lowest BCUT2D eigenvalue weighted by atomic mass is 10.0. The molecule has 0 saturated heterocycles. The Bertz CT molecular complexity index is 1310. The van der Waals surface area contributed by atoms with Crippen LogP contribution in [0.4, 0.5) is 11.4 Å². The topological polar surface area (TPSA) is 114 Å². The summed E-state index contributed by atoms with van der Waals surface area (Å²) in [6.07, 6.45) is 0. The first kappa shape index (κ1) is 23.2. The predicted molar refractivity (Wildman–Crippen MR) is 130 cm³/mol. The van der Waals surface area contributed by atoms with E-state index in [9.17, 15) is 20.2 Å². The number of ether oxygens (including phenoxy) is 3. The van der Waals surface area contributed by atoms with E-state index in [4.69, 9.17) is 14.2 Å². The molecule has 0 bridgehead atoms. The van der Waals surface area contributed by atoms with Crippen molar-refractivity contribution in [1.29, 1.82) is 0 Å². The fourth-order valence-electron chi connectivity index (χ4n) is 3.71. The van der Waals surface area contributed by atoms with Crippen LogP contribution in [0.1, 0.15) is 0 Å². The Balaban J connectivity index is 1.83. The third kappa shape index (κ3) is 4.74. The number of rotatable bonds is 8. The van der Waals surface area contributed by atoms with E-state index in [1.807, 2.05) is 0 Å². The number of benzene rings is 4. The van der Waals surface area contributed by atoms with Crippen LogP contribution in [0, 0.1) is 20.2 Å². The Hall–Kier alpha value is -4.92. The molecule has 4 aromatic carbocycles. The van der Waals surface area contributed by atoms with Crippen molar-refractivity contribution in [2.45, 2.75) is 0 Å². The van der Waals surface area contributed by atoms with E-state index in [0.717, 1.165) is 0 Å². The Morgan fingerprint density at radius 3 is 1.34 bits per heavy atom. The third-order valence-corrected chi connectivity index (χ3v) is 5.38. The van der Waals surface area contributed by atoms with Gasteiger partial charge in [-0.25, -0.2) is 0 Å². The predicted octanol–water partition coefficient (Wildman–Crippen LogP) is 6.65. The van der Waals surface area contributed by atoms with Crippen LogP contribution in [-0.2, 0) is 0 Å². The van der Waals surface area contributed by atoms with Gasteiger partial charge in [0.2, 0.25) is 0 Å². The van der Waals surface area contributed by atoms with Crippen molar-refractivity contribution < 1.29 is 24.1 Å². The average molecular weight is 472 g/mol. The monoisotopic (exact) mass is 472 g/mol. The highest BCUT2D eigenvalue weighted by Crippen LogP contribution is 2.43. The number of methoxy groups -OCH3 is 2. The van der Waals surface area contributed by atoms with Gasteiger partial charge in [-0.05, 0) is 36.4 Å². The molecule has 0 spiro atoms. The normalized spacial score (nSPS) is 10.5. The molecule has 0 amide bonds. The van der Waals surface area contributed by atoms with Crippen molar-refractivity contribution in [2.75, 3.05) is 14.2 Å². The summed E-state index contributed by atoms with van der Waals surface area (Å²) in [7, 11) is 2.87. The maximum Gasteiger partial charge on any atom is 0.281 e. The Morgan fingerprint density at radius 2 is 0.971 bits per heavy atom. The van der Waals surface area contributed by atoms with Crippen LogP contribution in [-0.4, -0.2) is 24.1 Å². The minimum absolute atomic E-state index is 0.139. The van der Waals surface area contributed by atoms with Gasteiger partial charge in [-0.3, -0.25) is 20.2 Å². The molecule has 35 heavy (non-hydrogen) atoms. The fraction of sp³-hybridized carbons (Fsp3) is 0.0769. The first-order valence-electron chi connectivity index (χ1n) is 10.4. The summed E-state index contributed by atoms with van der Waals surface area (Å²) in [6, 6.07) is 22.9. The van der Waals surface area contributed by atoms with Crippen LogP contribution in [0.2, 0.25) is 0 Å². The van der Waals surface area contributed by atoms with Crippen LogP contribution in [0.25, 0.3) is 22.3 Å². The number of nitrogens with zero attached hydrogens (tertiary/aromatic N) is 2. The highest BCUT2D eigenvalue weighted by molar-refractivity contribution is 5.82. The van der Waals surface area contributed by atoms with E-state index in [2.05, 4.69) is 0 Å². The molecule has 176 valence electrons. The third-order valence-electron chi connectivity index (χ3n) is 5.38. The van der Waals surface area contributed by atoms with Crippen LogP contribution in [0.3, 0.4) is 0 Å². The largest absolute Gasteiger partial charge is 0.497 e. The van der Waals surface area contributed by atoms with E-state index in [-0.39, 0.29) is 11.4 Å². The van der Waals surface area contributed by atoms with Crippen molar-refractivity contribution >= 4 is 11.4 Å². The molecule has 9 nitrogen and oxygen atoms in total. The van der Waals surface area contributed by atoms with Crippen LogP contribution in [0.15, 0.2) is 84.9 Å². The molecule has 0 aliphatic rings. The van der Waals surface area contributed by atoms with Crippen molar-refractivity contribution in [3.05, 3.63) is 105 Å². The lowest BCUT2D eigenvalue weighted by Crippen LogP contribution is -1.97. The molecule has 0 unspecified atom stereocenters. The summed E-state index contributed by atoms with van der Waals surface area (Å²) < 4.78 is 16.5. The maximum absolute atomic E-state index is 11.8. The average Bonchev–Trinajstić information content (AvgIpc) is 2.88. The molecule has 4 aromatic rings. The second-order valence-corrected chi connectivity index (χ2v) is 7.37. The first-order chi connectivity index (χ1) is 16.9. The van der Waals surface area contributed by atoms with Crippen LogP contribution in [0.5, 0.6) is 23.0 Å². The van der Waals surface area contributed by atoms with Crippen molar-refractivity contribution in [3.63, 3.8) is 0 Å². The molecule has 0 saturated carbocycles. The zero-order chi connectivity index (χ0) is 24.9. The van der Waals surface area contributed by atoms with Gasteiger partial charge in [0.25, 0.3) is 11.4 Å². The van der Waals surface area contributed by atoms with E-state index in [1.54, 1.807) is 72.8 Å². The molecular formula is C26H20N2O7. The summed E-state index contributed by atoms with van der Waals surface area (Å²) in [5.74, 6) is 1.42. The Kier molecular flexibility index (Phi) is 6.59. The van der Waals surface area contributed by atoms with E-state index in [1.165, 1.54) is 26.4 Å². The highest BCUT2D eigenvalue weighted by atomic mass is 16.6. The maximum atomic E-state index is 11.8. The molecule has 9 heteroatoms. The summed E-state index contributed by atoms with van der Waals surface area (Å²) in [6.45, 7) is 0. The van der Waals surface area contributed by atoms with Gasteiger partial charge in [-0.15, -0.1) is 0 Å². The van der Waals surface area contributed by atoms with Gasteiger partial charge in [-0.1, -0.05) is 36.4 Å². The fourth-order valence-corrected chi connectivity index (χ4v) is 3.71. The summed E-state index contributed by atoms with van der Waals surface area (Å²) in [4.78, 5) is 22.6. The molecule has 0 aromatic heterocycles. The lowest BCUT2D eigenvalue weighted by Gasteiger charge is -2.15. The highest BCUT2D eigenvalue weighted by Gasteiger charge is 2.22. The van der Waals surface area contributed by atoms with Gasteiger partial charge >= 0.3 is 0 Å². The molecule has 0 fully saturated rings. The molecule has 0 atom stereocenters. The second kappa shape index (κ2) is 9.92. The Morgan fingerprint density at radius 1 is 0.571 bits per heavy atom. The number of nitro groups is 2. The number of nitro benzene ring substituents is 2. The van der Waals surface area contributed by atoms with Crippen molar-refractivity contribution in [1.82, 2.24) is 0 Å². The van der Waals surface area contributed by atoms with Gasteiger partial charge in [0.1, 0.15) is 23.0 Å². The zero-order valence-electron chi connectivity index (χ0n) is 18.8. The van der Waals surface area contributed by atoms with Gasteiger partial charge in [0, 0.05) is 11.1 Å². The van der Waals surface area contributed by atoms with Crippen LogP contribution >= 0.6 is 0 Å². The molecular weight excluding hydrogens is 452 g/mol. The summed E-state index contributed by atoms with van der Waals surface area (Å²) >= 11 is 0. The Labute approximate surface area is 200 Å². The number of hydrogen-bond donors (Lipinski definition) is 0. The van der Waals surface area contributed by atoms with E-state index in [0.29, 0.717) is 45.3 Å². The quantitative estimate of drug-likeness (QED) is 0.208. The smallest absolute Gasteiger partial charge is 0.281 e. The summed E-state index contributed by atoms with van der Waals surface area (Å²) in [5, 5.41) is 23.5. The molecule has 0 aliphatic carbocycles. The van der Waals surface area contributed by atoms with Crippen LogP contribution < -0.4 is 14.2 Å². The minimum Gasteiger partial charge on any atom is -0.497 e. The molecule has 0 N–H and O–H groups in total. The molecule has 0 aliphatic heterocycles. The van der Waals surface area contributed by atoms with Gasteiger partial charge in [-0.2, -0.15) is 0 Å². The number of para-hydroxylation sites is 2. The number of hydrogen-bond acceptors (Lipinski definition) is 7. The van der Waals surface area contributed by atoms with Crippen molar-refractivity contribution in [2.24, 2.45) is 0 Å². The van der Waals surface area contributed by atoms with Gasteiger partial charge in [0.15, 0.2) is 0 Å². The zero-order valence-corrected chi connectivity index (χ0v) is 18.8. The molecule has 0 heterocycles. The first-order valence-corrected chi connectivity index (χ1v) is 10.4. The summed E-state index contributed by atoms with van der Waals surface area (Å²) in [5.41, 5.74) is 1.39. The lowest BCUT2D eigenvalue weighted by molar-refractivity contribution is -0.384. The minimum atomic E-state index is -0.483. The van der Waals surface area contributed by atoms with Crippen molar-refractivity contribution in [3.8, 4) is 45.3 Å².